The van der Waals surface area contributed by atoms with E-state index < -0.39 is 0 Å². The third kappa shape index (κ3) is 5.14. The van der Waals surface area contributed by atoms with Crippen molar-refractivity contribution in [1.29, 1.82) is 0 Å². The Morgan fingerprint density at radius 2 is 1.62 bits per heavy atom. The molecule has 0 atom stereocenters. The number of carbonyl (C=O) groups excluding carboxylic acids is 2. The molecule has 0 aromatic heterocycles. The van der Waals surface area contributed by atoms with Crippen molar-refractivity contribution >= 4 is 23.3 Å². The lowest BCUT2D eigenvalue weighted by Crippen LogP contribution is -2.49. The molecule has 3 aromatic rings. The highest BCUT2D eigenvalue weighted by atomic mass is 16.5. The van der Waals surface area contributed by atoms with Crippen molar-refractivity contribution in [3.8, 4) is 11.5 Å². The van der Waals surface area contributed by atoms with Crippen LogP contribution in [0.5, 0.6) is 11.5 Å². The molecule has 1 saturated heterocycles. The Morgan fingerprint density at radius 3 is 2.26 bits per heavy atom. The van der Waals surface area contributed by atoms with Crippen LogP contribution in [0.1, 0.15) is 27.9 Å². The van der Waals surface area contributed by atoms with Gasteiger partial charge >= 0.3 is 6.03 Å². The highest BCUT2D eigenvalue weighted by Gasteiger charge is 2.27. The summed E-state index contributed by atoms with van der Waals surface area (Å²) >= 11 is 0. The van der Waals surface area contributed by atoms with E-state index in [2.05, 4.69) is 5.32 Å². The molecule has 0 saturated carbocycles. The SMILES string of the molecule is COc1cc(CN2CCCN(c3ccc(NC(=O)c4ccccc4C)cc3)C2=O)cc(OC)c1. The predicted molar refractivity (Wildman–Crippen MR) is 133 cm³/mol. The summed E-state index contributed by atoms with van der Waals surface area (Å²) in [5.41, 5.74) is 3.99. The Kier molecular flexibility index (Phi) is 7.01. The molecular weight excluding hydrogens is 430 g/mol. The fraction of sp³-hybridized carbons (Fsp3) is 0.259. The number of carbonyl (C=O) groups is 2. The van der Waals surface area contributed by atoms with E-state index >= 15 is 0 Å². The minimum Gasteiger partial charge on any atom is -0.497 e. The van der Waals surface area contributed by atoms with Crippen molar-refractivity contribution in [2.24, 2.45) is 0 Å². The van der Waals surface area contributed by atoms with Crippen LogP contribution in [0, 0.1) is 6.92 Å². The molecule has 1 aliphatic rings. The van der Waals surface area contributed by atoms with E-state index in [-0.39, 0.29) is 11.9 Å². The normalized spacial score (nSPS) is 13.6. The molecule has 1 aliphatic heterocycles. The van der Waals surface area contributed by atoms with Crippen molar-refractivity contribution in [2.45, 2.75) is 19.9 Å². The van der Waals surface area contributed by atoms with E-state index in [1.807, 2.05) is 72.5 Å². The topological polar surface area (TPSA) is 71.1 Å². The summed E-state index contributed by atoms with van der Waals surface area (Å²) in [7, 11) is 3.22. The van der Waals surface area contributed by atoms with Gasteiger partial charge in [0.15, 0.2) is 0 Å². The fourth-order valence-corrected chi connectivity index (χ4v) is 4.10. The van der Waals surface area contributed by atoms with Crippen LogP contribution in [0.15, 0.2) is 66.7 Å². The molecular formula is C27H29N3O4. The second-order valence-corrected chi connectivity index (χ2v) is 8.25. The summed E-state index contributed by atoms with van der Waals surface area (Å²) in [5, 5.41) is 2.93. The summed E-state index contributed by atoms with van der Waals surface area (Å²) in [6.07, 6.45) is 0.860. The third-order valence-corrected chi connectivity index (χ3v) is 5.92. The Hall–Kier alpha value is -4.00. The van der Waals surface area contributed by atoms with Crippen molar-refractivity contribution in [2.75, 3.05) is 37.5 Å². The van der Waals surface area contributed by atoms with Crippen LogP contribution in [0.3, 0.4) is 0 Å². The van der Waals surface area contributed by atoms with Gasteiger partial charge in [0.2, 0.25) is 0 Å². The van der Waals surface area contributed by atoms with E-state index in [0.717, 1.165) is 23.2 Å². The molecule has 0 aliphatic carbocycles. The molecule has 1 heterocycles. The summed E-state index contributed by atoms with van der Waals surface area (Å²) in [5.74, 6) is 1.23. The molecule has 0 spiro atoms. The second-order valence-electron chi connectivity index (χ2n) is 8.25. The van der Waals surface area contributed by atoms with Gasteiger partial charge in [-0.3, -0.25) is 9.69 Å². The third-order valence-electron chi connectivity index (χ3n) is 5.92. The van der Waals surface area contributed by atoms with Crippen LogP contribution < -0.4 is 19.7 Å². The van der Waals surface area contributed by atoms with E-state index in [1.165, 1.54) is 0 Å². The molecule has 1 N–H and O–H groups in total. The van der Waals surface area contributed by atoms with Gasteiger partial charge in [0.05, 0.1) is 14.2 Å². The number of aryl methyl sites for hydroxylation is 1. The zero-order valence-electron chi connectivity index (χ0n) is 19.7. The van der Waals surface area contributed by atoms with Crippen molar-refractivity contribution in [1.82, 2.24) is 4.90 Å². The van der Waals surface area contributed by atoms with Crippen molar-refractivity contribution < 1.29 is 19.1 Å². The summed E-state index contributed by atoms with van der Waals surface area (Å²) in [4.78, 5) is 29.4. The van der Waals surface area contributed by atoms with E-state index in [4.69, 9.17) is 9.47 Å². The number of anilines is 2. The standard InChI is InChI=1S/C27H29N3O4/c1-19-7-4-5-8-25(19)26(31)28-21-9-11-22(12-10-21)30-14-6-13-29(27(30)32)18-20-15-23(33-2)17-24(16-20)34-3/h4-5,7-12,15-17H,6,13-14,18H2,1-3H3,(H,28,31). The smallest absolute Gasteiger partial charge is 0.324 e. The van der Waals surface area contributed by atoms with E-state index in [0.29, 0.717) is 42.4 Å². The van der Waals surface area contributed by atoms with Crippen LogP contribution in [-0.2, 0) is 6.54 Å². The first kappa shape index (κ1) is 23.2. The highest BCUT2D eigenvalue weighted by Crippen LogP contribution is 2.27. The molecule has 7 heteroatoms. The van der Waals surface area contributed by atoms with Gasteiger partial charge in [-0.25, -0.2) is 4.79 Å². The number of nitrogens with zero attached hydrogens (tertiary/aromatic N) is 2. The number of urea groups is 1. The van der Waals surface area contributed by atoms with Crippen molar-refractivity contribution in [3.63, 3.8) is 0 Å². The minimum absolute atomic E-state index is 0.0512. The van der Waals surface area contributed by atoms with Crippen LogP contribution in [-0.4, -0.2) is 44.1 Å². The maximum atomic E-state index is 13.2. The van der Waals surface area contributed by atoms with Crippen LogP contribution in [0.2, 0.25) is 0 Å². The maximum absolute atomic E-state index is 13.2. The van der Waals surface area contributed by atoms with Crippen LogP contribution >= 0.6 is 0 Å². The van der Waals surface area contributed by atoms with Gasteiger partial charge in [0, 0.05) is 42.6 Å². The van der Waals surface area contributed by atoms with Gasteiger partial charge in [-0.05, 0) is 66.9 Å². The first-order valence-electron chi connectivity index (χ1n) is 11.2. The lowest BCUT2D eigenvalue weighted by molar-refractivity contribution is 0.102. The second kappa shape index (κ2) is 10.3. The number of hydrogen-bond donors (Lipinski definition) is 1. The molecule has 0 bridgehead atoms. The number of hydrogen-bond acceptors (Lipinski definition) is 4. The number of methoxy groups -OCH3 is 2. The van der Waals surface area contributed by atoms with Gasteiger partial charge in [-0.15, -0.1) is 0 Å². The lowest BCUT2D eigenvalue weighted by Gasteiger charge is -2.35. The largest absolute Gasteiger partial charge is 0.497 e. The minimum atomic E-state index is -0.153. The van der Waals surface area contributed by atoms with Gasteiger partial charge in [0.1, 0.15) is 11.5 Å². The molecule has 176 valence electrons. The van der Waals surface area contributed by atoms with Gasteiger partial charge in [-0.1, -0.05) is 18.2 Å². The average molecular weight is 460 g/mol. The number of ether oxygens (including phenoxy) is 2. The molecule has 3 amide bonds. The van der Waals surface area contributed by atoms with E-state index in [1.54, 1.807) is 25.2 Å². The van der Waals surface area contributed by atoms with E-state index in [9.17, 15) is 9.59 Å². The highest BCUT2D eigenvalue weighted by molar-refractivity contribution is 6.05. The zero-order valence-corrected chi connectivity index (χ0v) is 19.7. The number of rotatable bonds is 7. The van der Waals surface area contributed by atoms with Crippen LogP contribution in [0.25, 0.3) is 0 Å². The molecule has 7 nitrogen and oxygen atoms in total. The summed E-state index contributed by atoms with van der Waals surface area (Å²) < 4.78 is 10.7. The molecule has 0 unspecified atom stereocenters. The fourth-order valence-electron chi connectivity index (χ4n) is 4.10. The first-order chi connectivity index (χ1) is 16.5. The maximum Gasteiger partial charge on any atom is 0.324 e. The monoisotopic (exact) mass is 459 g/mol. The van der Waals surface area contributed by atoms with Crippen LogP contribution in [0.4, 0.5) is 16.2 Å². The predicted octanol–water partition coefficient (Wildman–Crippen LogP) is 5.10. The summed E-state index contributed by atoms with van der Waals surface area (Å²) in [6.45, 7) is 3.70. The van der Waals surface area contributed by atoms with Gasteiger partial charge in [-0.2, -0.15) is 0 Å². The molecule has 0 radical (unpaired) electrons. The Bertz CT molecular complexity index is 1150. The summed E-state index contributed by atoms with van der Waals surface area (Å²) in [6, 6.07) is 20.4. The lowest BCUT2D eigenvalue weighted by atomic mass is 10.1. The quantitative estimate of drug-likeness (QED) is 0.534. The molecule has 3 aromatic carbocycles. The van der Waals surface area contributed by atoms with Gasteiger partial charge < -0.3 is 19.7 Å². The average Bonchev–Trinajstić information content (AvgIpc) is 2.86. The Morgan fingerprint density at radius 1 is 0.941 bits per heavy atom. The van der Waals surface area contributed by atoms with Crippen molar-refractivity contribution in [3.05, 3.63) is 83.4 Å². The molecule has 4 rings (SSSR count). The number of benzene rings is 3. The number of nitrogens with one attached hydrogen (secondary N) is 1. The Labute approximate surface area is 199 Å². The molecule has 1 fully saturated rings. The first-order valence-corrected chi connectivity index (χ1v) is 11.2. The van der Waals surface area contributed by atoms with Gasteiger partial charge in [0.25, 0.3) is 5.91 Å². The Balaban J connectivity index is 1.45. The number of amides is 3. The molecule has 34 heavy (non-hydrogen) atoms. The zero-order chi connectivity index (χ0) is 24.1.